The number of sulfonamides is 1. The van der Waals surface area contributed by atoms with Crippen molar-refractivity contribution >= 4 is 27.8 Å². The molecule has 154 valence electrons. The second-order valence-electron chi connectivity index (χ2n) is 6.42. The third kappa shape index (κ3) is 6.54. The molecule has 0 atom stereocenters. The number of nitrogens with one attached hydrogen (secondary N) is 1. The summed E-state index contributed by atoms with van der Waals surface area (Å²) >= 11 is 0. The van der Waals surface area contributed by atoms with Crippen LogP contribution in [0.3, 0.4) is 0 Å². The van der Waals surface area contributed by atoms with E-state index in [1.165, 1.54) is 12.1 Å². The van der Waals surface area contributed by atoms with E-state index in [4.69, 9.17) is 9.88 Å². The van der Waals surface area contributed by atoms with Gasteiger partial charge < -0.3 is 10.1 Å². The highest BCUT2D eigenvalue weighted by molar-refractivity contribution is 7.89. The second-order valence-corrected chi connectivity index (χ2v) is 7.98. The molecule has 1 amide bonds. The van der Waals surface area contributed by atoms with Crippen LogP contribution in [0.25, 0.3) is 0 Å². The molecule has 0 unspecified atom stereocenters. The van der Waals surface area contributed by atoms with Gasteiger partial charge >= 0.3 is 0 Å². The zero-order valence-electron chi connectivity index (χ0n) is 16.1. The van der Waals surface area contributed by atoms with Crippen LogP contribution in [0.15, 0.2) is 88.8 Å². The summed E-state index contributed by atoms with van der Waals surface area (Å²) in [5.74, 6) is 0.368. The summed E-state index contributed by atoms with van der Waals surface area (Å²) in [4.78, 5) is 16.2. The fourth-order valence-electron chi connectivity index (χ4n) is 2.52. The first-order chi connectivity index (χ1) is 14.4. The number of hydrogen-bond acceptors (Lipinski definition) is 5. The number of carbonyl (C=O) groups excluding carboxylic acids is 1. The lowest BCUT2D eigenvalue weighted by atomic mass is 10.2. The highest BCUT2D eigenvalue weighted by Crippen LogP contribution is 2.16. The van der Waals surface area contributed by atoms with Crippen LogP contribution in [0.4, 0.5) is 5.69 Å². The second kappa shape index (κ2) is 9.82. The lowest BCUT2D eigenvalue weighted by molar-refractivity contribution is -0.123. The van der Waals surface area contributed by atoms with Crippen LogP contribution in [-0.4, -0.2) is 27.1 Å². The predicted molar refractivity (Wildman–Crippen MR) is 115 cm³/mol. The summed E-state index contributed by atoms with van der Waals surface area (Å²) in [6, 6.07) is 22.7. The lowest BCUT2D eigenvalue weighted by Crippen LogP contribution is -2.28. The van der Waals surface area contributed by atoms with Crippen LogP contribution >= 0.6 is 0 Å². The van der Waals surface area contributed by atoms with Gasteiger partial charge in [-0.1, -0.05) is 30.3 Å². The molecule has 0 spiro atoms. The van der Waals surface area contributed by atoms with Gasteiger partial charge in [0.1, 0.15) is 5.75 Å². The molecule has 0 aliphatic heterocycles. The predicted octanol–water partition coefficient (Wildman–Crippen LogP) is 2.78. The molecule has 0 saturated heterocycles. The van der Waals surface area contributed by atoms with E-state index in [-0.39, 0.29) is 17.4 Å². The van der Waals surface area contributed by atoms with Gasteiger partial charge in [0, 0.05) is 12.8 Å². The first-order valence-electron chi connectivity index (χ1n) is 9.10. The third-order valence-corrected chi connectivity index (χ3v) is 5.04. The number of ether oxygens (including phenoxy) is 1. The molecule has 0 heterocycles. The summed E-state index contributed by atoms with van der Waals surface area (Å²) in [6.07, 6.45) is 1.64. The van der Waals surface area contributed by atoms with E-state index in [0.717, 1.165) is 11.1 Å². The normalized spacial score (nSPS) is 11.4. The minimum Gasteiger partial charge on any atom is -0.484 e. The molecule has 0 fully saturated rings. The molecular formula is C22H21N3O4S. The Morgan fingerprint density at radius 2 is 1.63 bits per heavy atom. The van der Waals surface area contributed by atoms with Gasteiger partial charge in [0.05, 0.1) is 10.6 Å². The average molecular weight is 423 g/mol. The van der Waals surface area contributed by atoms with Crippen LogP contribution in [0, 0.1) is 0 Å². The number of hydrogen-bond donors (Lipinski definition) is 2. The zero-order valence-corrected chi connectivity index (χ0v) is 16.9. The summed E-state index contributed by atoms with van der Waals surface area (Å²) in [7, 11) is -3.72. The Kier molecular flexibility index (Phi) is 6.95. The van der Waals surface area contributed by atoms with Gasteiger partial charge in [-0.3, -0.25) is 9.79 Å². The van der Waals surface area contributed by atoms with Crippen LogP contribution < -0.4 is 15.2 Å². The van der Waals surface area contributed by atoms with Crippen molar-refractivity contribution in [3.8, 4) is 5.75 Å². The Morgan fingerprint density at radius 3 is 2.27 bits per heavy atom. The van der Waals surface area contributed by atoms with Crippen LogP contribution in [0.2, 0.25) is 0 Å². The molecule has 0 saturated carbocycles. The molecule has 8 heteroatoms. The first-order valence-corrected chi connectivity index (χ1v) is 10.7. The van der Waals surface area contributed by atoms with Crippen molar-refractivity contribution in [2.45, 2.75) is 11.4 Å². The van der Waals surface area contributed by atoms with Gasteiger partial charge in [0.2, 0.25) is 10.0 Å². The average Bonchev–Trinajstić information content (AvgIpc) is 2.76. The maximum Gasteiger partial charge on any atom is 0.258 e. The van der Waals surface area contributed by atoms with Gasteiger partial charge in [-0.25, -0.2) is 13.6 Å². The molecular weight excluding hydrogens is 402 g/mol. The van der Waals surface area contributed by atoms with Crippen LogP contribution in [0.5, 0.6) is 5.75 Å². The zero-order chi connectivity index (χ0) is 21.4. The Bertz CT molecular complexity index is 1110. The van der Waals surface area contributed by atoms with Crippen molar-refractivity contribution in [1.82, 2.24) is 5.32 Å². The maximum atomic E-state index is 11.9. The van der Waals surface area contributed by atoms with Crippen molar-refractivity contribution in [2.24, 2.45) is 10.1 Å². The summed E-state index contributed by atoms with van der Waals surface area (Å²) in [5, 5.41) is 7.87. The number of nitrogens with zero attached hydrogens (tertiary/aromatic N) is 1. The van der Waals surface area contributed by atoms with E-state index >= 15 is 0 Å². The van der Waals surface area contributed by atoms with Gasteiger partial charge in [-0.15, -0.1) is 0 Å². The number of primary sulfonamides is 1. The highest BCUT2D eigenvalue weighted by Gasteiger charge is 2.06. The largest absolute Gasteiger partial charge is 0.484 e. The quantitative estimate of drug-likeness (QED) is 0.543. The molecule has 3 aromatic rings. The van der Waals surface area contributed by atoms with E-state index in [1.54, 1.807) is 42.6 Å². The van der Waals surface area contributed by atoms with Gasteiger partial charge in [-0.2, -0.15) is 0 Å². The SMILES string of the molecule is NS(=O)(=O)c1ccc(N=Cc2ccc(OCC(=O)NCc3ccccc3)cc2)cc1. The molecule has 3 aromatic carbocycles. The smallest absolute Gasteiger partial charge is 0.258 e. The standard InChI is InChI=1S/C22H21N3O4S/c23-30(27,28)21-12-8-19(9-13-21)24-14-18-6-10-20(11-7-18)29-16-22(26)25-15-17-4-2-1-3-5-17/h1-14H,15-16H2,(H,25,26)(H2,23,27,28). The molecule has 0 aliphatic rings. The van der Waals surface area contributed by atoms with Crippen LogP contribution in [0.1, 0.15) is 11.1 Å². The van der Waals surface area contributed by atoms with E-state index in [9.17, 15) is 13.2 Å². The molecule has 7 nitrogen and oxygen atoms in total. The van der Waals surface area contributed by atoms with E-state index in [0.29, 0.717) is 18.0 Å². The Balaban J connectivity index is 1.48. The van der Waals surface area contributed by atoms with E-state index < -0.39 is 10.0 Å². The molecule has 3 N–H and O–H groups in total. The number of rotatable bonds is 8. The van der Waals surface area contributed by atoms with Gasteiger partial charge in [-0.05, 0) is 59.7 Å². The summed E-state index contributed by atoms with van der Waals surface area (Å²) < 4.78 is 28.0. The number of amides is 1. The van der Waals surface area contributed by atoms with E-state index in [1.807, 2.05) is 30.3 Å². The van der Waals surface area contributed by atoms with Crippen molar-refractivity contribution in [1.29, 1.82) is 0 Å². The van der Waals surface area contributed by atoms with E-state index in [2.05, 4.69) is 10.3 Å². The van der Waals surface area contributed by atoms with Crippen LogP contribution in [-0.2, 0) is 21.4 Å². The topological polar surface area (TPSA) is 111 Å². The summed E-state index contributed by atoms with van der Waals surface area (Å²) in [5.41, 5.74) is 2.44. The monoisotopic (exact) mass is 423 g/mol. The third-order valence-electron chi connectivity index (χ3n) is 4.11. The highest BCUT2D eigenvalue weighted by atomic mass is 32.2. The molecule has 0 aliphatic carbocycles. The molecule has 3 rings (SSSR count). The molecule has 0 aromatic heterocycles. The van der Waals surface area contributed by atoms with Crippen molar-refractivity contribution in [3.63, 3.8) is 0 Å². The van der Waals surface area contributed by atoms with Gasteiger partial charge in [0.25, 0.3) is 5.91 Å². The maximum absolute atomic E-state index is 11.9. The molecule has 0 bridgehead atoms. The first kappa shape index (κ1) is 21.2. The Morgan fingerprint density at radius 1 is 0.967 bits per heavy atom. The Hall–Kier alpha value is -3.49. The van der Waals surface area contributed by atoms with Crippen molar-refractivity contribution in [3.05, 3.63) is 90.0 Å². The number of aliphatic imine (C=N–C) groups is 1. The lowest BCUT2D eigenvalue weighted by Gasteiger charge is -2.08. The van der Waals surface area contributed by atoms with Crippen molar-refractivity contribution < 1.29 is 17.9 Å². The molecule has 30 heavy (non-hydrogen) atoms. The fourth-order valence-corrected chi connectivity index (χ4v) is 3.03. The Labute approximate surface area is 175 Å². The number of nitrogens with two attached hydrogens (primary N) is 1. The summed E-state index contributed by atoms with van der Waals surface area (Å²) in [6.45, 7) is 0.382. The van der Waals surface area contributed by atoms with Crippen molar-refractivity contribution in [2.75, 3.05) is 6.61 Å². The minimum absolute atomic E-state index is 0.0377. The fraction of sp³-hybridized carbons (Fsp3) is 0.0909. The van der Waals surface area contributed by atoms with Gasteiger partial charge in [0.15, 0.2) is 6.61 Å². The number of carbonyl (C=O) groups is 1. The minimum atomic E-state index is -3.72. The molecule has 0 radical (unpaired) electrons. The number of benzene rings is 3.